The lowest BCUT2D eigenvalue weighted by atomic mass is 9.88. The first kappa shape index (κ1) is 81.7. The minimum Gasteiger partial charge on any atom is -0.477 e. The summed E-state index contributed by atoms with van der Waals surface area (Å²) in [6.07, 6.45) is 16.7. The Kier molecular flexibility index (Phi) is 43.8. The van der Waals surface area contributed by atoms with Gasteiger partial charge in [0.25, 0.3) is 5.79 Å². The fourth-order valence-corrected chi connectivity index (χ4v) is 12.3. The molecule has 0 aromatic heterocycles. The summed E-state index contributed by atoms with van der Waals surface area (Å²) in [4.78, 5) is 38.5. The second-order valence-electron chi connectivity index (χ2n) is 25.7. The van der Waals surface area contributed by atoms with Crippen LogP contribution in [-0.2, 0) is 42.8 Å². The average molecular weight is 1290 g/mol. The van der Waals surface area contributed by atoms with E-state index in [1.807, 2.05) is 0 Å². The summed E-state index contributed by atoms with van der Waals surface area (Å²) in [7, 11) is 0. The molecule has 18 unspecified atom stereocenters. The standard InChI is InChI=1S/C67H124N2O21/c1-4-6-8-10-12-14-16-17-18-19-20-21-22-23-24-25-26-27-28-29-31-32-34-36-38-40-49(74)48(69-54(77)41-39-37-35-33-30-15-13-11-9-7-5-2)46-85-64-59(81)58(80)61(53(45-72)87-64)88-65-60(82)63(57(79)52(44-71)86-65)90-67(66(83)84)42-50(75)55(68-47(3)73)62(89-67)56(78)51(76)43-70/h11,13,48-53,55-65,70-72,74-76,78-82H,4-10,12,14-46H2,1-3H3,(H,68,73)(H,69,77)(H,83,84)/b13-11-. The maximum atomic E-state index is 13.4. The van der Waals surface area contributed by atoms with Gasteiger partial charge in [-0.05, 0) is 32.1 Å². The van der Waals surface area contributed by atoms with E-state index in [1.165, 1.54) is 141 Å². The molecule has 0 aliphatic carbocycles. The summed E-state index contributed by atoms with van der Waals surface area (Å²) < 4.78 is 34.8. The topological polar surface area (TPSA) is 373 Å². The number of carbonyl (C=O) groups is 3. The number of aliphatic carboxylic acids is 1. The number of unbranched alkanes of at least 4 members (excludes halogenated alkanes) is 31. The number of aliphatic hydroxyl groups excluding tert-OH is 11. The van der Waals surface area contributed by atoms with Gasteiger partial charge in [-0.1, -0.05) is 219 Å². The Morgan fingerprint density at radius 3 is 1.53 bits per heavy atom. The molecule has 0 bridgehead atoms. The fraction of sp³-hybridized carbons (Fsp3) is 0.925. The normalized spacial score (nSPS) is 28.6. The molecule has 3 rings (SSSR count). The van der Waals surface area contributed by atoms with E-state index < -0.39 is 148 Å². The van der Waals surface area contributed by atoms with Crippen molar-refractivity contribution in [1.82, 2.24) is 10.6 Å². The van der Waals surface area contributed by atoms with Gasteiger partial charge in [-0.2, -0.15) is 0 Å². The van der Waals surface area contributed by atoms with Gasteiger partial charge in [0.05, 0.1) is 50.7 Å². The molecule has 18 atom stereocenters. The highest BCUT2D eigenvalue weighted by atomic mass is 16.8. The molecule has 3 saturated heterocycles. The Morgan fingerprint density at radius 2 is 1.04 bits per heavy atom. The third kappa shape index (κ3) is 30.5. The van der Waals surface area contributed by atoms with E-state index in [0.717, 1.165) is 71.1 Å². The van der Waals surface area contributed by atoms with Crippen molar-refractivity contribution < 1.29 is 104 Å². The molecule has 23 heteroatoms. The van der Waals surface area contributed by atoms with Crippen LogP contribution < -0.4 is 10.6 Å². The maximum Gasteiger partial charge on any atom is 0.364 e. The molecule has 14 N–H and O–H groups in total. The van der Waals surface area contributed by atoms with Crippen molar-refractivity contribution in [3.63, 3.8) is 0 Å². The summed E-state index contributed by atoms with van der Waals surface area (Å²) in [5.41, 5.74) is 0. The lowest BCUT2D eigenvalue weighted by Crippen LogP contribution is -2.70. The molecule has 0 aromatic carbocycles. The first-order valence-corrected chi connectivity index (χ1v) is 35.0. The highest BCUT2D eigenvalue weighted by Gasteiger charge is 2.60. The predicted molar refractivity (Wildman–Crippen MR) is 338 cm³/mol. The van der Waals surface area contributed by atoms with Gasteiger partial charge in [0.1, 0.15) is 67.1 Å². The molecule has 0 spiro atoms. The maximum absolute atomic E-state index is 13.4. The number of carboxylic acids is 1. The third-order valence-electron chi connectivity index (χ3n) is 18.0. The summed E-state index contributed by atoms with van der Waals surface area (Å²) in [6.45, 7) is 2.16. The molecular formula is C67H124N2O21. The molecule has 3 aliphatic rings. The summed E-state index contributed by atoms with van der Waals surface area (Å²) in [6, 6.07) is -2.53. The van der Waals surface area contributed by atoms with Crippen molar-refractivity contribution in [1.29, 1.82) is 0 Å². The largest absolute Gasteiger partial charge is 0.477 e. The number of rotatable bonds is 53. The van der Waals surface area contributed by atoms with Crippen LogP contribution in [0.5, 0.6) is 0 Å². The highest BCUT2D eigenvalue weighted by Crippen LogP contribution is 2.39. The lowest BCUT2D eigenvalue weighted by molar-refractivity contribution is -0.386. The minimum atomic E-state index is -3.08. The Hall–Kier alpha value is -2.53. The van der Waals surface area contributed by atoms with Gasteiger partial charge in [0.2, 0.25) is 11.8 Å². The zero-order valence-corrected chi connectivity index (χ0v) is 55.0. The van der Waals surface area contributed by atoms with Gasteiger partial charge in [0, 0.05) is 19.8 Å². The van der Waals surface area contributed by atoms with Crippen LogP contribution in [0.2, 0.25) is 0 Å². The first-order chi connectivity index (χ1) is 43.4. The van der Waals surface area contributed by atoms with Crippen LogP contribution in [0.15, 0.2) is 12.2 Å². The summed E-state index contributed by atoms with van der Waals surface area (Å²) in [5.74, 6) is -6.11. The molecule has 3 heterocycles. The van der Waals surface area contributed by atoms with Crippen molar-refractivity contribution >= 4 is 17.8 Å². The van der Waals surface area contributed by atoms with Crippen molar-refractivity contribution in [3.05, 3.63) is 12.2 Å². The monoisotopic (exact) mass is 1290 g/mol. The van der Waals surface area contributed by atoms with Crippen LogP contribution in [0, 0.1) is 0 Å². The number of carbonyl (C=O) groups excluding carboxylic acids is 2. The number of carboxylic acid groups (broad SMARTS) is 1. The number of ether oxygens (including phenoxy) is 6. The summed E-state index contributed by atoms with van der Waals surface area (Å²) >= 11 is 0. The van der Waals surface area contributed by atoms with Crippen molar-refractivity contribution in [2.75, 3.05) is 26.4 Å². The van der Waals surface area contributed by atoms with E-state index in [4.69, 9.17) is 28.4 Å². The number of hydrogen-bond acceptors (Lipinski definition) is 20. The Morgan fingerprint density at radius 1 is 0.567 bits per heavy atom. The smallest absolute Gasteiger partial charge is 0.364 e. The van der Waals surface area contributed by atoms with Gasteiger partial charge < -0.3 is 100 Å². The number of amides is 2. The molecule has 528 valence electrons. The van der Waals surface area contributed by atoms with E-state index in [2.05, 4.69) is 36.6 Å². The summed E-state index contributed by atoms with van der Waals surface area (Å²) in [5, 5.41) is 136. The zero-order valence-electron chi connectivity index (χ0n) is 55.0. The molecule has 0 aromatic rings. The van der Waals surface area contributed by atoms with Crippen LogP contribution >= 0.6 is 0 Å². The number of nitrogens with one attached hydrogen (secondary N) is 2. The Bertz CT molecular complexity index is 1870. The Balaban J connectivity index is 1.55. The fourth-order valence-electron chi connectivity index (χ4n) is 12.3. The second kappa shape index (κ2) is 48.2. The van der Waals surface area contributed by atoms with Gasteiger partial charge >= 0.3 is 5.97 Å². The lowest BCUT2D eigenvalue weighted by Gasteiger charge is -2.50. The van der Waals surface area contributed by atoms with Gasteiger partial charge in [-0.15, -0.1) is 0 Å². The molecule has 0 radical (unpaired) electrons. The number of hydrogen-bond donors (Lipinski definition) is 14. The molecular weight excluding hydrogens is 1170 g/mol. The second-order valence-corrected chi connectivity index (χ2v) is 25.7. The number of aliphatic hydroxyl groups is 11. The Labute approximate surface area is 537 Å². The zero-order chi connectivity index (χ0) is 66.1. The first-order valence-electron chi connectivity index (χ1n) is 35.0. The van der Waals surface area contributed by atoms with E-state index >= 15 is 0 Å². The van der Waals surface area contributed by atoms with Crippen molar-refractivity contribution in [3.8, 4) is 0 Å². The third-order valence-corrected chi connectivity index (χ3v) is 18.0. The SMILES string of the molecule is CCCC/C=C\CCCCCCCC(=O)NC(COC1OC(CO)C(OC2OC(CO)C(O)C(OC3(C(=O)O)CC(O)C(NC(C)=O)C(C(O)C(O)CO)O3)C2O)C(O)C1O)C(O)CCCCCCCCCCCCCCCCCCCCCCCCCCC. The molecule has 2 amide bonds. The van der Waals surface area contributed by atoms with Crippen molar-refractivity contribution in [2.24, 2.45) is 0 Å². The molecule has 23 nitrogen and oxygen atoms in total. The van der Waals surface area contributed by atoms with E-state index in [-0.39, 0.29) is 18.9 Å². The van der Waals surface area contributed by atoms with Crippen LogP contribution in [0.3, 0.4) is 0 Å². The molecule has 3 aliphatic heterocycles. The minimum absolute atomic E-state index is 0.214. The van der Waals surface area contributed by atoms with E-state index in [9.17, 15) is 75.7 Å². The van der Waals surface area contributed by atoms with Crippen LogP contribution in [0.1, 0.15) is 258 Å². The average Bonchev–Trinajstić information content (AvgIpc) is 0.898. The predicted octanol–water partition coefficient (Wildman–Crippen LogP) is 6.29. The van der Waals surface area contributed by atoms with Crippen LogP contribution in [-0.4, -0.2) is 215 Å². The quantitative estimate of drug-likeness (QED) is 0.0235. The van der Waals surface area contributed by atoms with E-state index in [1.54, 1.807) is 0 Å². The van der Waals surface area contributed by atoms with E-state index in [0.29, 0.717) is 19.3 Å². The molecule has 0 saturated carbocycles. The van der Waals surface area contributed by atoms with Gasteiger partial charge in [-0.25, -0.2) is 4.79 Å². The highest BCUT2D eigenvalue weighted by molar-refractivity contribution is 5.77. The number of allylic oxidation sites excluding steroid dienone is 2. The molecule has 3 fully saturated rings. The molecule has 90 heavy (non-hydrogen) atoms. The van der Waals surface area contributed by atoms with Gasteiger partial charge in [0.15, 0.2) is 12.6 Å². The van der Waals surface area contributed by atoms with Crippen LogP contribution in [0.4, 0.5) is 0 Å². The van der Waals surface area contributed by atoms with Crippen LogP contribution in [0.25, 0.3) is 0 Å². The van der Waals surface area contributed by atoms with Gasteiger partial charge in [-0.3, -0.25) is 9.59 Å². The van der Waals surface area contributed by atoms with Crippen molar-refractivity contribution in [2.45, 2.75) is 368 Å².